The Hall–Kier alpha value is -0.120. The van der Waals surface area contributed by atoms with Crippen LogP contribution in [0.4, 0.5) is 0 Å². The third kappa shape index (κ3) is 2.19. The Bertz CT molecular complexity index is 204. The van der Waals surface area contributed by atoms with Gasteiger partial charge in [0.25, 0.3) is 0 Å². The minimum absolute atomic E-state index is 0.296. The number of ether oxygens (including phenoxy) is 1. The summed E-state index contributed by atoms with van der Waals surface area (Å²) < 4.78 is 5.40. The van der Waals surface area contributed by atoms with Crippen molar-refractivity contribution in [1.82, 2.24) is 4.90 Å². The lowest BCUT2D eigenvalue weighted by Crippen LogP contribution is -2.63. The summed E-state index contributed by atoms with van der Waals surface area (Å²) in [4.78, 5) is 2.44. The maximum absolute atomic E-state index is 9.35. The quantitative estimate of drug-likeness (QED) is 0.762. The number of nitrogens with zero attached hydrogens (tertiary/aromatic N) is 1. The first kappa shape index (κ1) is 11.4. The fourth-order valence-electron chi connectivity index (χ4n) is 2.92. The number of likely N-dealkylation sites (tertiary alicyclic amines) is 1. The van der Waals surface area contributed by atoms with E-state index in [1.165, 1.54) is 25.9 Å². The van der Waals surface area contributed by atoms with E-state index in [1.807, 2.05) is 0 Å². The molecule has 1 N–H and O–H groups in total. The van der Waals surface area contributed by atoms with Gasteiger partial charge in [-0.2, -0.15) is 0 Å². The van der Waals surface area contributed by atoms with Crippen LogP contribution in [0.5, 0.6) is 0 Å². The zero-order valence-electron chi connectivity index (χ0n) is 9.91. The van der Waals surface area contributed by atoms with Crippen LogP contribution in [0.25, 0.3) is 0 Å². The monoisotopic (exact) mass is 213 g/mol. The standard InChI is InChI=1S/C12H23NO2/c1-10(2)11(7-14)13-8-12(9-13)3-5-15-6-4-12/h10-11,14H,3-9H2,1-2H3/t11-/m0/s1. The van der Waals surface area contributed by atoms with Gasteiger partial charge in [0.1, 0.15) is 0 Å². The van der Waals surface area contributed by atoms with Crippen molar-refractivity contribution in [3.8, 4) is 0 Å². The number of hydrogen-bond donors (Lipinski definition) is 1. The Morgan fingerprint density at radius 2 is 1.87 bits per heavy atom. The van der Waals surface area contributed by atoms with Gasteiger partial charge in [-0.1, -0.05) is 13.8 Å². The lowest BCUT2D eigenvalue weighted by atomic mass is 9.72. The van der Waals surface area contributed by atoms with Crippen molar-refractivity contribution in [2.24, 2.45) is 11.3 Å². The predicted molar refractivity (Wildman–Crippen MR) is 59.8 cm³/mol. The number of aliphatic hydroxyl groups is 1. The van der Waals surface area contributed by atoms with Gasteiger partial charge < -0.3 is 9.84 Å². The van der Waals surface area contributed by atoms with Gasteiger partial charge in [-0.15, -0.1) is 0 Å². The van der Waals surface area contributed by atoms with Gasteiger partial charge >= 0.3 is 0 Å². The van der Waals surface area contributed by atoms with E-state index < -0.39 is 0 Å². The van der Waals surface area contributed by atoms with Crippen molar-refractivity contribution in [1.29, 1.82) is 0 Å². The van der Waals surface area contributed by atoms with Gasteiger partial charge in [0.15, 0.2) is 0 Å². The van der Waals surface area contributed by atoms with Crippen LogP contribution in [0.1, 0.15) is 26.7 Å². The van der Waals surface area contributed by atoms with E-state index in [0.29, 0.717) is 24.0 Å². The van der Waals surface area contributed by atoms with Crippen LogP contribution in [0.2, 0.25) is 0 Å². The van der Waals surface area contributed by atoms with Crippen LogP contribution in [0, 0.1) is 11.3 Å². The third-order valence-corrected chi connectivity index (χ3v) is 4.06. The van der Waals surface area contributed by atoms with Gasteiger partial charge in [0.05, 0.1) is 6.61 Å². The van der Waals surface area contributed by atoms with E-state index >= 15 is 0 Å². The van der Waals surface area contributed by atoms with E-state index in [-0.39, 0.29) is 0 Å². The molecular formula is C12H23NO2. The molecule has 0 aliphatic carbocycles. The first-order valence-corrected chi connectivity index (χ1v) is 6.09. The molecule has 0 aromatic rings. The van der Waals surface area contributed by atoms with Crippen LogP contribution >= 0.6 is 0 Å². The van der Waals surface area contributed by atoms with Crippen LogP contribution in [-0.4, -0.2) is 49.0 Å². The molecule has 3 heteroatoms. The Balaban J connectivity index is 1.85. The molecule has 0 aromatic heterocycles. The Kier molecular flexibility index (Phi) is 3.33. The van der Waals surface area contributed by atoms with E-state index in [2.05, 4.69) is 18.7 Å². The maximum atomic E-state index is 9.35. The summed E-state index contributed by atoms with van der Waals surface area (Å²) in [6.45, 7) is 8.87. The van der Waals surface area contributed by atoms with Crippen molar-refractivity contribution >= 4 is 0 Å². The molecule has 0 saturated carbocycles. The van der Waals surface area contributed by atoms with Crippen molar-refractivity contribution in [2.75, 3.05) is 32.9 Å². The molecule has 3 nitrogen and oxygen atoms in total. The molecule has 0 amide bonds. The lowest BCUT2D eigenvalue weighted by Gasteiger charge is -2.55. The minimum Gasteiger partial charge on any atom is -0.395 e. The molecule has 88 valence electrons. The number of aliphatic hydroxyl groups excluding tert-OH is 1. The highest BCUT2D eigenvalue weighted by Crippen LogP contribution is 2.41. The van der Waals surface area contributed by atoms with E-state index in [9.17, 15) is 5.11 Å². The van der Waals surface area contributed by atoms with Crippen molar-refractivity contribution in [3.05, 3.63) is 0 Å². The summed E-state index contributed by atoms with van der Waals surface area (Å²) in [6.07, 6.45) is 2.42. The van der Waals surface area contributed by atoms with Crippen LogP contribution in [-0.2, 0) is 4.74 Å². The highest BCUT2D eigenvalue weighted by molar-refractivity contribution is 4.98. The minimum atomic E-state index is 0.296. The topological polar surface area (TPSA) is 32.7 Å². The second kappa shape index (κ2) is 4.40. The zero-order chi connectivity index (χ0) is 10.9. The van der Waals surface area contributed by atoms with E-state index in [0.717, 1.165) is 13.2 Å². The average Bonchev–Trinajstić information content (AvgIpc) is 2.17. The summed E-state index contributed by atoms with van der Waals surface area (Å²) in [5, 5.41) is 9.35. The Morgan fingerprint density at radius 3 is 2.33 bits per heavy atom. The van der Waals surface area contributed by atoms with Crippen molar-refractivity contribution in [3.63, 3.8) is 0 Å². The molecule has 0 bridgehead atoms. The molecule has 2 aliphatic heterocycles. The fourth-order valence-corrected chi connectivity index (χ4v) is 2.92. The van der Waals surface area contributed by atoms with Gasteiger partial charge in [0.2, 0.25) is 0 Å². The molecule has 2 fully saturated rings. The fraction of sp³-hybridized carbons (Fsp3) is 1.00. The first-order valence-electron chi connectivity index (χ1n) is 6.09. The molecule has 0 radical (unpaired) electrons. The molecule has 2 aliphatic rings. The van der Waals surface area contributed by atoms with Crippen LogP contribution in [0.15, 0.2) is 0 Å². The number of rotatable bonds is 3. The summed E-state index contributed by atoms with van der Waals surface area (Å²) in [7, 11) is 0. The smallest absolute Gasteiger partial charge is 0.0589 e. The highest BCUT2D eigenvalue weighted by Gasteiger charge is 2.46. The van der Waals surface area contributed by atoms with Crippen molar-refractivity contribution in [2.45, 2.75) is 32.7 Å². The third-order valence-electron chi connectivity index (χ3n) is 4.06. The normalized spacial score (nSPS) is 28.0. The Labute approximate surface area is 92.4 Å². The molecule has 2 saturated heterocycles. The number of hydrogen-bond acceptors (Lipinski definition) is 3. The summed E-state index contributed by atoms with van der Waals surface area (Å²) in [6, 6.07) is 0.360. The molecule has 0 unspecified atom stereocenters. The Morgan fingerprint density at radius 1 is 1.27 bits per heavy atom. The van der Waals surface area contributed by atoms with E-state index in [4.69, 9.17) is 4.74 Å². The first-order chi connectivity index (χ1) is 7.17. The van der Waals surface area contributed by atoms with Gasteiger partial charge in [-0.3, -0.25) is 4.90 Å². The zero-order valence-corrected chi connectivity index (χ0v) is 9.91. The summed E-state index contributed by atoms with van der Waals surface area (Å²) in [5.41, 5.74) is 0.528. The molecule has 1 spiro atoms. The maximum Gasteiger partial charge on any atom is 0.0589 e. The molecular weight excluding hydrogens is 190 g/mol. The summed E-state index contributed by atoms with van der Waals surface area (Å²) >= 11 is 0. The molecule has 0 aromatic carbocycles. The SMILES string of the molecule is CC(C)[C@H](CO)N1CC2(CCOCC2)C1. The van der Waals surface area contributed by atoms with Gasteiger partial charge in [-0.25, -0.2) is 0 Å². The molecule has 15 heavy (non-hydrogen) atoms. The average molecular weight is 213 g/mol. The predicted octanol–water partition coefficient (Wildman–Crippen LogP) is 1.12. The van der Waals surface area contributed by atoms with Gasteiger partial charge in [-0.05, 0) is 18.8 Å². The van der Waals surface area contributed by atoms with Gasteiger partial charge in [0, 0.05) is 37.8 Å². The molecule has 2 rings (SSSR count). The molecule has 2 heterocycles. The van der Waals surface area contributed by atoms with E-state index in [1.54, 1.807) is 0 Å². The lowest BCUT2D eigenvalue weighted by molar-refractivity contribution is -0.111. The van der Waals surface area contributed by atoms with Crippen molar-refractivity contribution < 1.29 is 9.84 Å². The van der Waals surface area contributed by atoms with Crippen LogP contribution in [0.3, 0.4) is 0 Å². The second-order valence-electron chi connectivity index (χ2n) is 5.51. The highest BCUT2D eigenvalue weighted by atomic mass is 16.5. The largest absolute Gasteiger partial charge is 0.395 e. The summed E-state index contributed by atoms with van der Waals surface area (Å²) in [5.74, 6) is 0.548. The second-order valence-corrected chi connectivity index (χ2v) is 5.51. The van der Waals surface area contributed by atoms with Crippen LogP contribution < -0.4 is 0 Å². The molecule has 1 atom stereocenters.